The quantitative estimate of drug-likeness (QED) is 0.863. The molecule has 0 atom stereocenters. The molecular weight excluding hydrogens is 343 g/mol. The summed E-state index contributed by atoms with van der Waals surface area (Å²) in [4.78, 5) is 23.0. The van der Waals surface area contributed by atoms with E-state index in [2.05, 4.69) is 26.6 Å². The molecule has 0 aliphatic rings. The van der Waals surface area contributed by atoms with Gasteiger partial charge in [0, 0.05) is 17.4 Å². The molecule has 2 amide bonds. The summed E-state index contributed by atoms with van der Waals surface area (Å²) in [6.45, 7) is 5.35. The van der Waals surface area contributed by atoms with Crippen LogP contribution >= 0.6 is 15.9 Å². The zero-order valence-electron chi connectivity index (χ0n) is 12.1. The Hall–Kier alpha value is -1.63. The number of amides is 2. The fourth-order valence-corrected chi connectivity index (χ4v) is 1.73. The molecule has 116 valence electrons. The first-order valence-electron chi connectivity index (χ1n) is 6.39. The lowest BCUT2D eigenvalue weighted by atomic mass is 10.2. The summed E-state index contributed by atoms with van der Waals surface area (Å²) in [6, 6.07) is 4.34. The zero-order valence-corrected chi connectivity index (χ0v) is 13.7. The minimum absolute atomic E-state index is 0.0226. The molecule has 7 heteroatoms. The highest BCUT2D eigenvalue weighted by molar-refractivity contribution is 9.10. The molecule has 0 radical (unpaired) electrons. The third-order valence-electron chi connectivity index (χ3n) is 2.23. The average molecular weight is 361 g/mol. The molecule has 0 bridgehead atoms. The second kappa shape index (κ2) is 7.40. The summed E-state index contributed by atoms with van der Waals surface area (Å²) in [7, 11) is 0. The molecule has 0 unspecified atom stereocenters. The lowest BCUT2D eigenvalue weighted by molar-refractivity contribution is -0.116. The van der Waals surface area contributed by atoms with Crippen molar-refractivity contribution in [3.05, 3.63) is 28.5 Å². The maximum Gasteiger partial charge on any atom is 0.407 e. The number of nitrogens with one attached hydrogen (secondary N) is 2. The van der Waals surface area contributed by atoms with E-state index in [1.807, 2.05) is 0 Å². The highest BCUT2D eigenvalue weighted by atomic mass is 79.9. The van der Waals surface area contributed by atoms with Crippen molar-refractivity contribution in [1.82, 2.24) is 5.32 Å². The van der Waals surface area contributed by atoms with Gasteiger partial charge in [-0.25, -0.2) is 9.18 Å². The van der Waals surface area contributed by atoms with Gasteiger partial charge in [-0.3, -0.25) is 4.79 Å². The zero-order chi connectivity index (χ0) is 16.0. The topological polar surface area (TPSA) is 67.4 Å². The van der Waals surface area contributed by atoms with Gasteiger partial charge >= 0.3 is 6.09 Å². The smallest absolute Gasteiger partial charge is 0.407 e. The molecule has 1 rings (SSSR count). The number of hydrogen-bond acceptors (Lipinski definition) is 3. The van der Waals surface area contributed by atoms with E-state index in [1.54, 1.807) is 26.8 Å². The maximum atomic E-state index is 13.5. The molecular formula is C14H18BrFN2O3. The van der Waals surface area contributed by atoms with Crippen LogP contribution < -0.4 is 10.6 Å². The predicted octanol–water partition coefficient (Wildman–Crippen LogP) is 3.44. The lowest BCUT2D eigenvalue weighted by Crippen LogP contribution is -2.34. The molecule has 5 nitrogen and oxygen atoms in total. The van der Waals surface area contributed by atoms with Crippen molar-refractivity contribution in [1.29, 1.82) is 0 Å². The number of alkyl carbamates (subject to hydrolysis) is 1. The van der Waals surface area contributed by atoms with Crippen molar-refractivity contribution in [2.75, 3.05) is 11.9 Å². The Labute approximate surface area is 131 Å². The molecule has 0 heterocycles. The molecule has 0 fully saturated rings. The second-order valence-corrected chi connectivity index (χ2v) is 6.27. The highest BCUT2D eigenvalue weighted by Crippen LogP contribution is 2.19. The Balaban J connectivity index is 2.36. The number of carbonyl (C=O) groups excluding carboxylic acids is 2. The van der Waals surface area contributed by atoms with Crippen LogP contribution in [0.2, 0.25) is 0 Å². The first kappa shape index (κ1) is 17.4. The van der Waals surface area contributed by atoms with Crippen molar-refractivity contribution in [3.8, 4) is 0 Å². The van der Waals surface area contributed by atoms with E-state index in [-0.39, 0.29) is 18.7 Å². The van der Waals surface area contributed by atoms with Gasteiger partial charge in [0.1, 0.15) is 11.4 Å². The minimum Gasteiger partial charge on any atom is -0.444 e. The van der Waals surface area contributed by atoms with Gasteiger partial charge in [-0.05, 0) is 39.0 Å². The number of rotatable bonds is 4. The molecule has 0 aromatic heterocycles. The van der Waals surface area contributed by atoms with Crippen molar-refractivity contribution < 1.29 is 18.7 Å². The van der Waals surface area contributed by atoms with Crippen LogP contribution in [0.3, 0.4) is 0 Å². The van der Waals surface area contributed by atoms with E-state index in [0.717, 1.165) is 0 Å². The number of halogens is 2. The molecule has 0 aliphatic carbocycles. The first-order valence-corrected chi connectivity index (χ1v) is 7.18. The average Bonchev–Trinajstić information content (AvgIpc) is 2.30. The van der Waals surface area contributed by atoms with Crippen molar-refractivity contribution in [3.63, 3.8) is 0 Å². The molecule has 2 N–H and O–H groups in total. The Morgan fingerprint density at radius 2 is 2.00 bits per heavy atom. The minimum atomic E-state index is -0.592. The van der Waals surface area contributed by atoms with Crippen molar-refractivity contribution >= 4 is 33.6 Å². The van der Waals surface area contributed by atoms with Gasteiger partial charge in [-0.15, -0.1) is 0 Å². The normalized spacial score (nSPS) is 10.9. The summed E-state index contributed by atoms with van der Waals surface area (Å²) < 4.78 is 19.1. The monoisotopic (exact) mass is 360 g/mol. The van der Waals surface area contributed by atoms with Crippen LogP contribution in [0.15, 0.2) is 22.7 Å². The Kier molecular flexibility index (Phi) is 6.14. The molecule has 0 saturated carbocycles. The van der Waals surface area contributed by atoms with E-state index in [4.69, 9.17) is 4.74 Å². The molecule has 0 spiro atoms. The molecule has 0 saturated heterocycles. The van der Waals surface area contributed by atoms with Crippen LogP contribution in [0.4, 0.5) is 14.9 Å². The van der Waals surface area contributed by atoms with Gasteiger partial charge in [0.25, 0.3) is 0 Å². The summed E-state index contributed by atoms with van der Waals surface area (Å²) in [5.74, 6) is -0.926. The number of anilines is 1. The second-order valence-electron chi connectivity index (χ2n) is 5.35. The SMILES string of the molecule is CC(C)(C)OC(=O)NCCC(=O)Nc1ccc(Br)cc1F. The van der Waals surface area contributed by atoms with Crippen LogP contribution in [0, 0.1) is 5.82 Å². The third kappa shape index (κ3) is 7.08. The van der Waals surface area contributed by atoms with Crippen LogP contribution in [0.25, 0.3) is 0 Å². The molecule has 1 aromatic rings. The Morgan fingerprint density at radius 3 is 2.57 bits per heavy atom. The summed E-state index contributed by atoms with van der Waals surface area (Å²) in [5, 5.41) is 4.89. The number of hydrogen-bond donors (Lipinski definition) is 2. The molecule has 0 aliphatic heterocycles. The van der Waals surface area contributed by atoms with E-state index in [9.17, 15) is 14.0 Å². The van der Waals surface area contributed by atoms with Gasteiger partial charge < -0.3 is 15.4 Å². The van der Waals surface area contributed by atoms with E-state index in [1.165, 1.54) is 12.1 Å². The van der Waals surface area contributed by atoms with E-state index in [0.29, 0.717) is 4.47 Å². The third-order valence-corrected chi connectivity index (χ3v) is 2.72. The highest BCUT2D eigenvalue weighted by Gasteiger charge is 2.16. The van der Waals surface area contributed by atoms with Crippen LogP contribution in [0.5, 0.6) is 0 Å². The van der Waals surface area contributed by atoms with Crippen LogP contribution in [-0.4, -0.2) is 24.1 Å². The predicted molar refractivity (Wildman–Crippen MR) is 81.6 cm³/mol. The van der Waals surface area contributed by atoms with Crippen LogP contribution in [0.1, 0.15) is 27.2 Å². The first-order chi connectivity index (χ1) is 9.67. The van der Waals surface area contributed by atoms with Crippen molar-refractivity contribution in [2.45, 2.75) is 32.8 Å². The van der Waals surface area contributed by atoms with Crippen molar-refractivity contribution in [2.24, 2.45) is 0 Å². The van der Waals surface area contributed by atoms with Gasteiger partial charge in [0.15, 0.2) is 0 Å². The maximum absolute atomic E-state index is 13.5. The Bertz CT molecular complexity index is 529. The number of benzene rings is 1. The number of carbonyl (C=O) groups is 2. The van der Waals surface area contributed by atoms with E-state index >= 15 is 0 Å². The molecule has 21 heavy (non-hydrogen) atoms. The van der Waals surface area contributed by atoms with Gasteiger partial charge in [-0.2, -0.15) is 0 Å². The standard InChI is InChI=1S/C14H18BrFN2O3/c1-14(2,3)21-13(20)17-7-6-12(19)18-11-5-4-9(15)8-10(11)16/h4-5,8H,6-7H2,1-3H3,(H,17,20)(H,18,19). The van der Waals surface area contributed by atoms with E-state index < -0.39 is 23.4 Å². The fraction of sp³-hybridized carbons (Fsp3) is 0.429. The number of ether oxygens (including phenoxy) is 1. The van der Waals surface area contributed by atoms with Crippen LogP contribution in [-0.2, 0) is 9.53 Å². The van der Waals surface area contributed by atoms with Gasteiger partial charge in [0.05, 0.1) is 5.69 Å². The Morgan fingerprint density at radius 1 is 1.33 bits per heavy atom. The molecule has 1 aromatic carbocycles. The van der Waals surface area contributed by atoms with Gasteiger partial charge in [-0.1, -0.05) is 15.9 Å². The summed E-state index contributed by atoms with van der Waals surface area (Å²) in [5.41, 5.74) is -0.493. The lowest BCUT2D eigenvalue weighted by Gasteiger charge is -2.19. The van der Waals surface area contributed by atoms with Gasteiger partial charge in [0.2, 0.25) is 5.91 Å². The largest absolute Gasteiger partial charge is 0.444 e. The fourth-order valence-electron chi connectivity index (χ4n) is 1.40. The summed E-state index contributed by atoms with van der Waals surface area (Å²) in [6.07, 6.45) is -0.570. The summed E-state index contributed by atoms with van der Waals surface area (Å²) >= 11 is 3.13.